The Kier molecular flexibility index (Phi) is 4.63. The zero-order chi connectivity index (χ0) is 14.4. The van der Waals surface area contributed by atoms with Crippen molar-refractivity contribution >= 4 is 23.1 Å². The van der Waals surface area contributed by atoms with Crippen LogP contribution >= 0.6 is 11.6 Å². The van der Waals surface area contributed by atoms with Crippen LogP contribution in [-0.2, 0) is 0 Å². The van der Waals surface area contributed by atoms with Crippen LogP contribution in [0, 0.1) is 0 Å². The van der Waals surface area contributed by atoms with E-state index in [0.29, 0.717) is 22.5 Å². The van der Waals surface area contributed by atoms with Crippen molar-refractivity contribution in [2.45, 2.75) is 0 Å². The third kappa shape index (κ3) is 3.52. The first-order valence-corrected chi connectivity index (χ1v) is 6.20. The average molecular weight is 287 g/mol. The minimum absolute atomic E-state index is 0.133. The van der Waals surface area contributed by atoms with E-state index in [4.69, 9.17) is 16.7 Å². The molecule has 0 bridgehead atoms. The molecule has 0 fully saturated rings. The number of benzene rings is 2. The van der Waals surface area contributed by atoms with Crippen molar-refractivity contribution in [3.05, 3.63) is 77.1 Å². The lowest BCUT2D eigenvalue weighted by molar-refractivity contribution is 0.102. The third-order valence-electron chi connectivity index (χ3n) is 2.49. The van der Waals surface area contributed by atoms with Gasteiger partial charge in [-0.05, 0) is 24.3 Å². The number of rotatable bonds is 4. The number of azo groups is 1. The van der Waals surface area contributed by atoms with E-state index in [2.05, 4.69) is 10.2 Å². The van der Waals surface area contributed by atoms with Crippen LogP contribution in [-0.4, -0.2) is 10.9 Å². The molecule has 0 radical (unpaired) electrons. The number of ketones is 1. The van der Waals surface area contributed by atoms with Crippen LogP contribution in [0.2, 0.25) is 5.02 Å². The van der Waals surface area contributed by atoms with E-state index in [0.717, 1.165) is 0 Å². The molecule has 0 atom stereocenters. The number of hydrogen-bond acceptors (Lipinski definition) is 4. The fraction of sp³-hybridized carbons (Fsp3) is 0. The third-order valence-corrected chi connectivity index (χ3v) is 2.74. The lowest BCUT2D eigenvalue weighted by Crippen LogP contribution is -2.00. The number of carbonyl (C=O) groups is 1. The minimum atomic E-state index is -0.397. The van der Waals surface area contributed by atoms with E-state index < -0.39 is 5.78 Å². The summed E-state index contributed by atoms with van der Waals surface area (Å²) in [5, 5.41) is 17.4. The van der Waals surface area contributed by atoms with Gasteiger partial charge in [0.25, 0.3) is 0 Å². The molecule has 0 amide bonds. The maximum atomic E-state index is 12.0. The van der Waals surface area contributed by atoms with Crippen molar-refractivity contribution in [2.75, 3.05) is 0 Å². The number of nitrogens with zero attached hydrogens (tertiary/aromatic N) is 2. The summed E-state index contributed by atoms with van der Waals surface area (Å²) >= 11 is 5.75. The van der Waals surface area contributed by atoms with Gasteiger partial charge in [-0.2, -0.15) is 5.11 Å². The van der Waals surface area contributed by atoms with Gasteiger partial charge in [0.1, 0.15) is 6.26 Å². The van der Waals surface area contributed by atoms with Crippen molar-refractivity contribution in [3.63, 3.8) is 0 Å². The Morgan fingerprint density at radius 2 is 1.70 bits per heavy atom. The summed E-state index contributed by atoms with van der Waals surface area (Å²) in [7, 11) is 0. The van der Waals surface area contributed by atoms with Gasteiger partial charge in [0.2, 0.25) is 5.78 Å². The fourth-order valence-electron chi connectivity index (χ4n) is 1.49. The standard InChI is InChI=1S/C15H11ClN2O2/c16-12-6-8-13(9-7-12)17-18-14(10-19)15(20)11-4-2-1-3-5-11/h1-10,19H/b14-10-,18-17?. The average Bonchev–Trinajstić information content (AvgIpc) is 2.50. The molecule has 0 saturated heterocycles. The highest BCUT2D eigenvalue weighted by Crippen LogP contribution is 2.18. The first-order chi connectivity index (χ1) is 9.70. The highest BCUT2D eigenvalue weighted by Gasteiger charge is 2.11. The second kappa shape index (κ2) is 6.63. The van der Waals surface area contributed by atoms with Crippen LogP contribution in [0.15, 0.2) is 76.8 Å². The number of hydrogen-bond donors (Lipinski definition) is 1. The van der Waals surface area contributed by atoms with Crippen molar-refractivity contribution in [1.29, 1.82) is 0 Å². The van der Waals surface area contributed by atoms with Crippen LogP contribution in [0.3, 0.4) is 0 Å². The molecule has 4 nitrogen and oxygen atoms in total. The molecule has 5 heteroatoms. The Balaban J connectivity index is 2.18. The molecule has 0 aliphatic heterocycles. The summed E-state index contributed by atoms with van der Waals surface area (Å²) in [5.74, 6) is -0.397. The first-order valence-electron chi connectivity index (χ1n) is 5.82. The summed E-state index contributed by atoms with van der Waals surface area (Å²) < 4.78 is 0. The maximum Gasteiger partial charge on any atom is 0.216 e. The predicted molar refractivity (Wildman–Crippen MR) is 77.5 cm³/mol. The van der Waals surface area contributed by atoms with Gasteiger partial charge in [-0.15, -0.1) is 5.11 Å². The summed E-state index contributed by atoms with van der Waals surface area (Å²) in [6.45, 7) is 0. The number of carbonyl (C=O) groups excluding carboxylic acids is 1. The molecule has 0 aliphatic rings. The molecular weight excluding hydrogens is 276 g/mol. The number of allylic oxidation sites excluding steroid dienone is 1. The summed E-state index contributed by atoms with van der Waals surface area (Å²) in [6, 6.07) is 15.2. The second-order valence-electron chi connectivity index (χ2n) is 3.89. The molecule has 0 unspecified atom stereocenters. The zero-order valence-corrected chi connectivity index (χ0v) is 11.2. The summed E-state index contributed by atoms with van der Waals surface area (Å²) in [4.78, 5) is 12.0. The van der Waals surface area contributed by atoms with E-state index in [9.17, 15) is 4.79 Å². The van der Waals surface area contributed by atoms with Crippen LogP contribution in [0.4, 0.5) is 5.69 Å². The highest BCUT2D eigenvalue weighted by atomic mass is 35.5. The first kappa shape index (κ1) is 14.0. The van der Waals surface area contributed by atoms with Crippen molar-refractivity contribution in [2.24, 2.45) is 10.2 Å². The van der Waals surface area contributed by atoms with Crippen LogP contribution in [0.5, 0.6) is 0 Å². The Labute approximate surface area is 121 Å². The molecule has 100 valence electrons. The molecule has 0 saturated carbocycles. The van der Waals surface area contributed by atoms with E-state index >= 15 is 0 Å². The largest absolute Gasteiger partial charge is 0.513 e. The minimum Gasteiger partial charge on any atom is -0.513 e. The molecule has 0 spiro atoms. The monoisotopic (exact) mass is 286 g/mol. The SMILES string of the molecule is O=C(/C(=C/O)N=Nc1ccc(Cl)cc1)c1ccccc1. The molecule has 2 rings (SSSR count). The molecular formula is C15H11ClN2O2. The van der Waals surface area contributed by atoms with Crippen LogP contribution in [0.1, 0.15) is 10.4 Å². The Morgan fingerprint density at radius 1 is 1.05 bits per heavy atom. The number of halogens is 1. The van der Waals surface area contributed by atoms with E-state index in [1.54, 1.807) is 54.6 Å². The Bertz CT molecular complexity index is 649. The van der Waals surface area contributed by atoms with Crippen molar-refractivity contribution < 1.29 is 9.90 Å². The van der Waals surface area contributed by atoms with Gasteiger partial charge in [-0.1, -0.05) is 41.9 Å². The van der Waals surface area contributed by atoms with Crippen LogP contribution < -0.4 is 0 Å². The zero-order valence-electron chi connectivity index (χ0n) is 10.4. The van der Waals surface area contributed by atoms with Gasteiger partial charge in [0.05, 0.1) is 5.69 Å². The normalized spacial score (nSPS) is 11.8. The number of Topliss-reactive ketones (excluding diaryl/α,β-unsaturated/α-hetero) is 1. The predicted octanol–water partition coefficient (Wildman–Crippen LogP) is 4.71. The number of aliphatic hydroxyl groups excluding tert-OH is 1. The molecule has 0 aromatic heterocycles. The van der Waals surface area contributed by atoms with Crippen molar-refractivity contribution in [3.8, 4) is 0 Å². The summed E-state index contributed by atoms with van der Waals surface area (Å²) in [5.41, 5.74) is 0.837. The Hall–Kier alpha value is -2.46. The smallest absolute Gasteiger partial charge is 0.216 e. The fourth-order valence-corrected chi connectivity index (χ4v) is 1.61. The van der Waals surface area contributed by atoms with E-state index in [1.165, 1.54) is 0 Å². The van der Waals surface area contributed by atoms with Gasteiger partial charge >= 0.3 is 0 Å². The lowest BCUT2D eigenvalue weighted by Gasteiger charge is -1.99. The topological polar surface area (TPSA) is 62.0 Å². The molecule has 20 heavy (non-hydrogen) atoms. The van der Waals surface area contributed by atoms with Gasteiger partial charge in [-0.3, -0.25) is 4.79 Å². The summed E-state index contributed by atoms with van der Waals surface area (Å²) in [6.07, 6.45) is 0.648. The maximum absolute atomic E-state index is 12.0. The molecule has 2 aromatic carbocycles. The Morgan fingerprint density at radius 3 is 2.30 bits per heavy atom. The van der Waals surface area contributed by atoms with Crippen LogP contribution in [0.25, 0.3) is 0 Å². The van der Waals surface area contributed by atoms with Gasteiger partial charge in [0, 0.05) is 10.6 Å². The van der Waals surface area contributed by atoms with E-state index in [1.807, 2.05) is 0 Å². The van der Waals surface area contributed by atoms with Gasteiger partial charge in [-0.25, -0.2) is 0 Å². The number of aliphatic hydroxyl groups is 1. The molecule has 0 aliphatic carbocycles. The lowest BCUT2D eigenvalue weighted by atomic mass is 10.1. The highest BCUT2D eigenvalue weighted by molar-refractivity contribution is 6.30. The molecule has 2 aromatic rings. The molecule has 0 heterocycles. The quantitative estimate of drug-likeness (QED) is 0.383. The van der Waals surface area contributed by atoms with Gasteiger partial charge < -0.3 is 5.11 Å². The van der Waals surface area contributed by atoms with Crippen molar-refractivity contribution in [1.82, 2.24) is 0 Å². The second-order valence-corrected chi connectivity index (χ2v) is 4.32. The van der Waals surface area contributed by atoms with E-state index in [-0.39, 0.29) is 5.70 Å². The van der Waals surface area contributed by atoms with Gasteiger partial charge in [0.15, 0.2) is 5.70 Å². The molecule has 1 N–H and O–H groups in total.